The van der Waals surface area contributed by atoms with Crippen LogP contribution in [0.3, 0.4) is 0 Å². The topological polar surface area (TPSA) is 35.5 Å². The zero-order chi connectivity index (χ0) is 13.1. The Bertz CT molecular complexity index is 407. The highest BCUT2D eigenvalue weighted by atomic mass is 35.5. The largest absolute Gasteiger partial charge is 0.394 e. The first-order valence-electron chi connectivity index (χ1n) is 6.47. The van der Waals surface area contributed by atoms with Crippen molar-refractivity contribution in [2.45, 2.75) is 38.4 Å². The number of hydrogen-bond donors (Lipinski definition) is 2. The molecule has 1 aromatic carbocycles. The molecule has 0 spiro atoms. The van der Waals surface area contributed by atoms with E-state index >= 15 is 0 Å². The Morgan fingerprint density at radius 1 is 1.50 bits per heavy atom. The van der Waals surface area contributed by atoms with Gasteiger partial charge in [0.15, 0.2) is 0 Å². The third kappa shape index (κ3) is 3.37. The molecule has 2 N–H and O–H groups in total. The third-order valence-corrected chi connectivity index (χ3v) is 3.79. The Morgan fingerprint density at radius 2 is 2.22 bits per heavy atom. The lowest BCUT2D eigenvalue weighted by Crippen LogP contribution is -2.32. The van der Waals surface area contributed by atoms with E-state index in [9.17, 15) is 0 Å². The fourth-order valence-corrected chi connectivity index (χ4v) is 2.19. The van der Waals surface area contributed by atoms with Gasteiger partial charge in [0, 0.05) is 25.7 Å². The highest BCUT2D eigenvalue weighted by Gasteiger charge is 2.20. The number of anilines is 1. The molecule has 1 aliphatic rings. The summed E-state index contributed by atoms with van der Waals surface area (Å²) in [6.07, 6.45) is 2.59. The number of nitrogens with one attached hydrogen (secondary N) is 1. The second-order valence-corrected chi connectivity index (χ2v) is 5.49. The predicted molar refractivity (Wildman–Crippen MR) is 76.3 cm³/mol. The molecule has 4 heteroatoms. The minimum absolute atomic E-state index is 0.0675. The van der Waals surface area contributed by atoms with E-state index in [0.29, 0.717) is 6.04 Å². The highest BCUT2D eigenvalue weighted by molar-refractivity contribution is 6.33. The molecule has 0 aromatic heterocycles. The molecule has 0 amide bonds. The SMILES string of the molecule is CC(CO)N(C)c1ccc(CNC2CC2)cc1Cl. The molecule has 1 saturated carbocycles. The molecule has 1 aliphatic carbocycles. The summed E-state index contributed by atoms with van der Waals surface area (Å²) in [5, 5.41) is 13.4. The maximum atomic E-state index is 9.17. The van der Waals surface area contributed by atoms with Crippen LogP contribution in [0.4, 0.5) is 5.69 Å². The van der Waals surface area contributed by atoms with Crippen LogP contribution in [-0.2, 0) is 6.54 Å². The third-order valence-electron chi connectivity index (χ3n) is 3.49. The Kier molecular flexibility index (Phi) is 4.49. The van der Waals surface area contributed by atoms with Crippen molar-refractivity contribution >= 4 is 17.3 Å². The molecule has 0 heterocycles. The molecule has 1 aromatic rings. The van der Waals surface area contributed by atoms with Gasteiger partial charge in [0.1, 0.15) is 0 Å². The zero-order valence-corrected chi connectivity index (χ0v) is 11.7. The quantitative estimate of drug-likeness (QED) is 0.832. The summed E-state index contributed by atoms with van der Waals surface area (Å²) in [6, 6.07) is 6.90. The molecular weight excluding hydrogens is 248 g/mol. The minimum atomic E-state index is 0.0675. The van der Waals surface area contributed by atoms with Gasteiger partial charge < -0.3 is 15.3 Å². The molecule has 1 fully saturated rings. The molecule has 100 valence electrons. The highest BCUT2D eigenvalue weighted by Crippen LogP contribution is 2.28. The Hall–Kier alpha value is -0.770. The molecule has 3 nitrogen and oxygen atoms in total. The maximum absolute atomic E-state index is 9.17. The second kappa shape index (κ2) is 5.91. The standard InChI is InChI=1S/C14H21ClN2O/c1-10(9-18)17(2)14-6-3-11(7-13(14)15)8-16-12-4-5-12/h3,6-7,10,12,16,18H,4-5,8-9H2,1-2H3. The van der Waals surface area contributed by atoms with Gasteiger partial charge in [-0.15, -0.1) is 0 Å². The van der Waals surface area contributed by atoms with Crippen molar-refractivity contribution in [3.63, 3.8) is 0 Å². The van der Waals surface area contributed by atoms with Crippen LogP contribution in [0.1, 0.15) is 25.3 Å². The van der Waals surface area contributed by atoms with E-state index in [0.717, 1.165) is 17.3 Å². The summed E-state index contributed by atoms with van der Waals surface area (Å²) in [6.45, 7) is 2.97. The number of aliphatic hydroxyl groups excluding tert-OH is 1. The van der Waals surface area contributed by atoms with Crippen molar-refractivity contribution in [3.05, 3.63) is 28.8 Å². The molecule has 1 atom stereocenters. The van der Waals surface area contributed by atoms with Crippen molar-refractivity contribution in [1.82, 2.24) is 5.32 Å². The van der Waals surface area contributed by atoms with Gasteiger partial charge in [-0.1, -0.05) is 17.7 Å². The summed E-state index contributed by atoms with van der Waals surface area (Å²) in [5.41, 5.74) is 2.18. The van der Waals surface area contributed by atoms with Crippen LogP contribution in [0.25, 0.3) is 0 Å². The van der Waals surface area contributed by atoms with E-state index in [4.69, 9.17) is 16.7 Å². The lowest BCUT2D eigenvalue weighted by Gasteiger charge is -2.26. The molecule has 0 radical (unpaired) electrons. The van der Waals surface area contributed by atoms with Gasteiger partial charge in [0.05, 0.1) is 17.3 Å². The van der Waals surface area contributed by atoms with E-state index in [1.807, 2.05) is 31.0 Å². The zero-order valence-electron chi connectivity index (χ0n) is 11.0. The van der Waals surface area contributed by atoms with Gasteiger partial charge in [-0.3, -0.25) is 0 Å². The average Bonchev–Trinajstić information content (AvgIpc) is 3.18. The molecule has 0 aliphatic heterocycles. The number of likely N-dealkylation sites (N-methyl/N-ethyl adjacent to an activating group) is 1. The maximum Gasteiger partial charge on any atom is 0.0642 e. The van der Waals surface area contributed by atoms with Gasteiger partial charge in [-0.25, -0.2) is 0 Å². The molecule has 2 rings (SSSR count). The number of halogens is 1. The van der Waals surface area contributed by atoms with Crippen LogP contribution in [0.2, 0.25) is 5.02 Å². The second-order valence-electron chi connectivity index (χ2n) is 5.08. The van der Waals surface area contributed by atoms with Gasteiger partial charge in [-0.2, -0.15) is 0 Å². The molecule has 0 saturated heterocycles. The van der Waals surface area contributed by atoms with Crippen LogP contribution in [0.5, 0.6) is 0 Å². The van der Waals surface area contributed by atoms with Crippen LogP contribution in [-0.4, -0.2) is 30.8 Å². The molecule has 0 bridgehead atoms. The normalized spacial score (nSPS) is 16.7. The van der Waals surface area contributed by atoms with Gasteiger partial charge in [0.25, 0.3) is 0 Å². The van der Waals surface area contributed by atoms with Crippen LogP contribution >= 0.6 is 11.6 Å². The Balaban J connectivity index is 2.03. The van der Waals surface area contributed by atoms with Crippen molar-refractivity contribution in [2.75, 3.05) is 18.6 Å². The van der Waals surface area contributed by atoms with Gasteiger partial charge in [-0.05, 0) is 37.5 Å². The number of aliphatic hydroxyl groups is 1. The fraction of sp³-hybridized carbons (Fsp3) is 0.571. The van der Waals surface area contributed by atoms with E-state index in [2.05, 4.69) is 11.4 Å². The summed E-state index contributed by atoms with van der Waals surface area (Å²) in [4.78, 5) is 2.00. The summed E-state index contributed by atoms with van der Waals surface area (Å²) < 4.78 is 0. The summed E-state index contributed by atoms with van der Waals surface area (Å²) in [7, 11) is 1.95. The van der Waals surface area contributed by atoms with Crippen LogP contribution in [0, 0.1) is 0 Å². The van der Waals surface area contributed by atoms with Crippen molar-refractivity contribution in [1.29, 1.82) is 0 Å². The number of rotatable bonds is 6. The van der Waals surface area contributed by atoms with E-state index < -0.39 is 0 Å². The van der Waals surface area contributed by atoms with Gasteiger partial charge in [0.2, 0.25) is 0 Å². The number of benzene rings is 1. The molecule has 18 heavy (non-hydrogen) atoms. The smallest absolute Gasteiger partial charge is 0.0642 e. The Morgan fingerprint density at radius 3 is 2.78 bits per heavy atom. The summed E-state index contributed by atoms with van der Waals surface area (Å²) in [5.74, 6) is 0. The number of nitrogens with zero attached hydrogens (tertiary/aromatic N) is 1. The fourth-order valence-electron chi connectivity index (χ4n) is 1.86. The predicted octanol–water partition coefficient (Wildman–Crippen LogP) is 2.41. The first-order chi connectivity index (χ1) is 8.61. The van der Waals surface area contributed by atoms with E-state index in [1.165, 1.54) is 18.4 Å². The molecular formula is C14H21ClN2O. The van der Waals surface area contributed by atoms with Crippen molar-refractivity contribution < 1.29 is 5.11 Å². The van der Waals surface area contributed by atoms with Crippen molar-refractivity contribution in [2.24, 2.45) is 0 Å². The number of hydrogen-bond acceptors (Lipinski definition) is 3. The average molecular weight is 269 g/mol. The lowest BCUT2D eigenvalue weighted by molar-refractivity contribution is 0.270. The van der Waals surface area contributed by atoms with Crippen LogP contribution in [0.15, 0.2) is 18.2 Å². The van der Waals surface area contributed by atoms with Crippen molar-refractivity contribution in [3.8, 4) is 0 Å². The first kappa shape index (κ1) is 13.7. The monoisotopic (exact) mass is 268 g/mol. The Labute approximate surface area is 114 Å². The minimum Gasteiger partial charge on any atom is -0.394 e. The van der Waals surface area contributed by atoms with E-state index in [1.54, 1.807) is 0 Å². The first-order valence-corrected chi connectivity index (χ1v) is 6.85. The van der Waals surface area contributed by atoms with Gasteiger partial charge >= 0.3 is 0 Å². The van der Waals surface area contributed by atoms with Crippen LogP contribution < -0.4 is 10.2 Å². The summed E-state index contributed by atoms with van der Waals surface area (Å²) >= 11 is 6.31. The lowest BCUT2D eigenvalue weighted by atomic mass is 10.1. The molecule has 1 unspecified atom stereocenters. The van der Waals surface area contributed by atoms with E-state index in [-0.39, 0.29) is 12.6 Å².